The Morgan fingerprint density at radius 3 is 2.50 bits per heavy atom. The Balaban J connectivity index is 1.89. The molecule has 0 saturated carbocycles. The maximum atomic E-state index is 5.59. The molecule has 0 N–H and O–H groups in total. The van der Waals surface area contributed by atoms with Crippen LogP contribution in [0.5, 0.6) is 0 Å². The molecule has 0 fully saturated rings. The summed E-state index contributed by atoms with van der Waals surface area (Å²) in [7, 11) is 0. The van der Waals surface area contributed by atoms with E-state index in [1.165, 1.54) is 31.2 Å². The van der Waals surface area contributed by atoms with Gasteiger partial charge < -0.3 is 4.74 Å². The van der Waals surface area contributed by atoms with Gasteiger partial charge in [-0.1, -0.05) is 50.5 Å². The van der Waals surface area contributed by atoms with Gasteiger partial charge >= 0.3 is 0 Å². The molecule has 0 heterocycles. The lowest BCUT2D eigenvalue weighted by Gasteiger charge is -2.04. The van der Waals surface area contributed by atoms with Crippen molar-refractivity contribution in [1.82, 2.24) is 0 Å². The molecule has 1 heteroatoms. The van der Waals surface area contributed by atoms with E-state index in [9.17, 15) is 0 Å². The van der Waals surface area contributed by atoms with Gasteiger partial charge in [0.2, 0.25) is 0 Å². The standard InChI is InChI=1S/C15H23O/c1-2-3-4-8-13-16-14-9-12-15-10-6-5-7-11-15/h6-7,10-11H,2-4,8-9,12-14H2,1H3. The summed E-state index contributed by atoms with van der Waals surface area (Å²) in [6, 6.07) is 11.2. The van der Waals surface area contributed by atoms with Gasteiger partial charge in [0.05, 0.1) is 0 Å². The maximum absolute atomic E-state index is 5.59. The Labute approximate surface area is 99.8 Å². The first kappa shape index (κ1) is 13.2. The lowest BCUT2D eigenvalue weighted by molar-refractivity contribution is 0.128. The molecule has 1 nitrogen and oxygen atoms in total. The topological polar surface area (TPSA) is 9.23 Å². The van der Waals surface area contributed by atoms with E-state index in [2.05, 4.69) is 25.1 Å². The van der Waals surface area contributed by atoms with Crippen LogP contribution < -0.4 is 0 Å². The molecule has 1 aromatic rings. The Bertz CT molecular complexity index is 243. The number of benzene rings is 1. The normalized spacial score (nSPS) is 10.6. The van der Waals surface area contributed by atoms with E-state index in [0.717, 1.165) is 26.1 Å². The second-order valence-electron chi connectivity index (χ2n) is 4.18. The van der Waals surface area contributed by atoms with E-state index < -0.39 is 0 Å². The van der Waals surface area contributed by atoms with Crippen molar-refractivity contribution in [2.75, 3.05) is 13.2 Å². The molecule has 1 radical (unpaired) electrons. The van der Waals surface area contributed by atoms with E-state index in [0.29, 0.717) is 0 Å². The fourth-order valence-electron chi connectivity index (χ4n) is 1.70. The van der Waals surface area contributed by atoms with Gasteiger partial charge in [0.15, 0.2) is 0 Å². The lowest BCUT2D eigenvalue weighted by Crippen LogP contribution is -1.98. The summed E-state index contributed by atoms with van der Waals surface area (Å²) < 4.78 is 5.59. The number of aryl methyl sites for hydroxylation is 1. The summed E-state index contributed by atoms with van der Waals surface area (Å²) >= 11 is 0. The van der Waals surface area contributed by atoms with Gasteiger partial charge in [0.25, 0.3) is 0 Å². The van der Waals surface area contributed by atoms with Gasteiger partial charge in [-0.3, -0.25) is 0 Å². The highest BCUT2D eigenvalue weighted by atomic mass is 16.5. The summed E-state index contributed by atoms with van der Waals surface area (Å²) in [5.41, 5.74) is 1.38. The molecular weight excluding hydrogens is 196 g/mol. The quantitative estimate of drug-likeness (QED) is 0.570. The molecule has 1 aromatic carbocycles. The summed E-state index contributed by atoms with van der Waals surface area (Å²) in [6.07, 6.45) is 7.40. The number of hydrogen-bond donors (Lipinski definition) is 0. The van der Waals surface area contributed by atoms with Crippen molar-refractivity contribution in [1.29, 1.82) is 0 Å². The van der Waals surface area contributed by atoms with Gasteiger partial charge in [0, 0.05) is 13.2 Å². The third-order valence-electron chi connectivity index (χ3n) is 2.68. The average molecular weight is 219 g/mol. The lowest BCUT2D eigenvalue weighted by atomic mass is 10.1. The van der Waals surface area contributed by atoms with Crippen LogP contribution in [0.15, 0.2) is 24.3 Å². The molecule has 0 aliphatic rings. The van der Waals surface area contributed by atoms with Crippen LogP contribution in [0.25, 0.3) is 0 Å². The molecule has 89 valence electrons. The van der Waals surface area contributed by atoms with E-state index in [1.807, 2.05) is 12.1 Å². The monoisotopic (exact) mass is 219 g/mol. The molecule has 16 heavy (non-hydrogen) atoms. The van der Waals surface area contributed by atoms with Crippen molar-refractivity contribution < 1.29 is 4.74 Å². The van der Waals surface area contributed by atoms with E-state index >= 15 is 0 Å². The molecule has 0 saturated heterocycles. The molecule has 0 aliphatic heterocycles. The predicted octanol–water partition coefficient (Wildman–Crippen LogP) is 4.02. The fraction of sp³-hybridized carbons (Fsp3) is 0.600. The third-order valence-corrected chi connectivity index (χ3v) is 2.68. The van der Waals surface area contributed by atoms with Crippen LogP contribution in [-0.4, -0.2) is 13.2 Å². The largest absolute Gasteiger partial charge is 0.381 e. The summed E-state index contributed by atoms with van der Waals surface area (Å²) in [4.78, 5) is 0. The molecule has 0 amide bonds. The first-order valence-electron chi connectivity index (χ1n) is 6.46. The van der Waals surface area contributed by atoms with Crippen LogP contribution in [-0.2, 0) is 11.2 Å². The number of rotatable bonds is 9. The van der Waals surface area contributed by atoms with E-state index in [1.54, 1.807) is 0 Å². The van der Waals surface area contributed by atoms with Crippen molar-refractivity contribution in [3.63, 3.8) is 0 Å². The molecular formula is C15H23O. The van der Waals surface area contributed by atoms with Crippen LogP contribution in [0.4, 0.5) is 0 Å². The highest BCUT2D eigenvalue weighted by molar-refractivity contribution is 5.13. The highest BCUT2D eigenvalue weighted by Crippen LogP contribution is 2.03. The van der Waals surface area contributed by atoms with E-state index in [4.69, 9.17) is 4.74 Å². The van der Waals surface area contributed by atoms with Crippen molar-refractivity contribution in [3.8, 4) is 0 Å². The van der Waals surface area contributed by atoms with Crippen molar-refractivity contribution in [2.45, 2.75) is 45.4 Å². The molecule has 0 aliphatic carbocycles. The van der Waals surface area contributed by atoms with Crippen LogP contribution in [0.1, 0.15) is 44.6 Å². The molecule has 0 atom stereocenters. The molecule has 0 unspecified atom stereocenters. The second kappa shape index (κ2) is 9.41. The predicted molar refractivity (Wildman–Crippen MR) is 68.6 cm³/mol. The summed E-state index contributed by atoms with van der Waals surface area (Å²) in [5, 5.41) is 0. The fourth-order valence-corrected chi connectivity index (χ4v) is 1.70. The third kappa shape index (κ3) is 6.62. The molecule has 0 aromatic heterocycles. The first-order valence-corrected chi connectivity index (χ1v) is 6.46. The Morgan fingerprint density at radius 1 is 1.00 bits per heavy atom. The summed E-state index contributed by atoms with van der Waals surface area (Å²) in [5.74, 6) is 0. The van der Waals surface area contributed by atoms with Crippen LogP contribution in [0.3, 0.4) is 0 Å². The zero-order valence-electron chi connectivity index (χ0n) is 10.4. The van der Waals surface area contributed by atoms with Gasteiger partial charge in [-0.2, -0.15) is 0 Å². The van der Waals surface area contributed by atoms with Gasteiger partial charge in [-0.15, -0.1) is 0 Å². The Hall–Kier alpha value is -0.820. The molecule has 1 rings (SSSR count). The Morgan fingerprint density at radius 2 is 1.75 bits per heavy atom. The van der Waals surface area contributed by atoms with Crippen molar-refractivity contribution >= 4 is 0 Å². The number of unbranched alkanes of at least 4 members (excludes halogenated alkanes) is 3. The first-order chi connectivity index (χ1) is 7.93. The Kier molecular flexibility index (Phi) is 7.79. The van der Waals surface area contributed by atoms with Gasteiger partial charge in [-0.05, 0) is 30.9 Å². The highest BCUT2D eigenvalue weighted by Gasteiger charge is 1.93. The van der Waals surface area contributed by atoms with Crippen LogP contribution in [0.2, 0.25) is 0 Å². The SMILES string of the molecule is CCCCCCOCCCc1cc[c]cc1. The van der Waals surface area contributed by atoms with Gasteiger partial charge in [-0.25, -0.2) is 0 Å². The molecule has 0 spiro atoms. The number of hydrogen-bond acceptors (Lipinski definition) is 1. The van der Waals surface area contributed by atoms with Crippen molar-refractivity contribution in [2.24, 2.45) is 0 Å². The average Bonchev–Trinajstić information content (AvgIpc) is 2.34. The van der Waals surface area contributed by atoms with Crippen molar-refractivity contribution in [3.05, 3.63) is 35.9 Å². The van der Waals surface area contributed by atoms with Crippen LogP contribution in [0, 0.1) is 6.07 Å². The zero-order chi connectivity index (χ0) is 11.5. The second-order valence-corrected chi connectivity index (χ2v) is 4.18. The molecule has 0 bridgehead atoms. The zero-order valence-corrected chi connectivity index (χ0v) is 10.4. The van der Waals surface area contributed by atoms with Crippen LogP contribution >= 0.6 is 0 Å². The summed E-state index contributed by atoms with van der Waals surface area (Å²) in [6.45, 7) is 4.06. The minimum atomic E-state index is 0.894. The minimum absolute atomic E-state index is 0.894. The number of ether oxygens (including phenoxy) is 1. The van der Waals surface area contributed by atoms with E-state index in [-0.39, 0.29) is 0 Å². The smallest absolute Gasteiger partial charge is 0.0469 e. The van der Waals surface area contributed by atoms with Gasteiger partial charge in [0.1, 0.15) is 0 Å². The minimum Gasteiger partial charge on any atom is -0.381 e. The maximum Gasteiger partial charge on any atom is 0.0469 e.